The molecule has 0 spiro atoms. The molecule has 0 aliphatic carbocycles. The Bertz CT molecular complexity index is 713. The number of nitrogens with one attached hydrogen (secondary N) is 1. The second kappa shape index (κ2) is 4.33. The zero-order valence-corrected chi connectivity index (χ0v) is 10.6. The van der Waals surface area contributed by atoms with Crippen LogP contribution < -0.4 is 5.32 Å². The summed E-state index contributed by atoms with van der Waals surface area (Å²) < 4.78 is 39.3. The van der Waals surface area contributed by atoms with E-state index in [4.69, 9.17) is 0 Å². The Morgan fingerprint density at radius 2 is 1.67 bits per heavy atom. The van der Waals surface area contributed by atoms with Gasteiger partial charge in [-0.15, -0.1) is 0 Å². The molecule has 1 heterocycles. The predicted molar refractivity (Wildman–Crippen MR) is 70.5 cm³/mol. The highest BCUT2D eigenvalue weighted by atomic mass is 19.4. The summed E-state index contributed by atoms with van der Waals surface area (Å²) in [6.45, 7) is 0. The lowest BCUT2D eigenvalue weighted by molar-refractivity contribution is -0.252. The maximum absolute atomic E-state index is 13.1. The van der Waals surface area contributed by atoms with Crippen molar-refractivity contribution in [3.63, 3.8) is 0 Å². The maximum Gasteiger partial charge on any atom is 0.430 e. The molecule has 6 heteroatoms. The first-order valence-electron chi connectivity index (χ1n) is 6.14. The first-order valence-corrected chi connectivity index (χ1v) is 6.14. The van der Waals surface area contributed by atoms with Gasteiger partial charge in [0.05, 0.1) is 0 Å². The smallest absolute Gasteiger partial charge is 0.368 e. The second-order valence-electron chi connectivity index (χ2n) is 4.79. The summed E-state index contributed by atoms with van der Waals surface area (Å²) in [6.07, 6.45) is -5.09. The number of carbonyl (C=O) groups excluding carboxylic acids is 1. The monoisotopic (exact) mass is 293 g/mol. The molecule has 3 nitrogen and oxygen atoms in total. The van der Waals surface area contributed by atoms with Gasteiger partial charge in [0.15, 0.2) is 0 Å². The van der Waals surface area contributed by atoms with Crippen molar-refractivity contribution in [3.8, 4) is 11.1 Å². The molecule has 1 atom stereocenters. The molecule has 2 aromatic carbocycles. The largest absolute Gasteiger partial charge is 0.430 e. The van der Waals surface area contributed by atoms with E-state index in [1.165, 1.54) is 12.1 Å². The van der Waals surface area contributed by atoms with E-state index in [1.807, 2.05) is 0 Å². The molecule has 0 fully saturated rings. The van der Waals surface area contributed by atoms with Crippen LogP contribution in [0.4, 0.5) is 18.9 Å². The molecule has 0 bridgehead atoms. The van der Waals surface area contributed by atoms with Crippen LogP contribution in [-0.4, -0.2) is 17.2 Å². The molecule has 21 heavy (non-hydrogen) atoms. The lowest BCUT2D eigenvalue weighted by Gasteiger charge is -2.24. The SMILES string of the molecule is O=C1Nc2ccc(-c3ccccc3)cc2[C@@]1(O)C(F)(F)F. The van der Waals surface area contributed by atoms with Gasteiger partial charge in [0, 0.05) is 11.3 Å². The van der Waals surface area contributed by atoms with E-state index in [2.05, 4.69) is 5.32 Å². The first-order chi connectivity index (χ1) is 9.84. The summed E-state index contributed by atoms with van der Waals surface area (Å²) in [7, 11) is 0. The molecule has 0 aromatic heterocycles. The quantitative estimate of drug-likeness (QED) is 0.849. The summed E-state index contributed by atoms with van der Waals surface area (Å²) in [5, 5.41) is 11.9. The lowest BCUT2D eigenvalue weighted by atomic mass is 9.91. The van der Waals surface area contributed by atoms with E-state index in [1.54, 1.807) is 36.4 Å². The minimum Gasteiger partial charge on any atom is -0.368 e. The Kier molecular flexibility index (Phi) is 2.81. The molecular weight excluding hydrogens is 283 g/mol. The number of hydrogen-bond donors (Lipinski definition) is 2. The van der Waals surface area contributed by atoms with E-state index >= 15 is 0 Å². The van der Waals surface area contributed by atoms with Crippen molar-refractivity contribution in [2.45, 2.75) is 11.8 Å². The fraction of sp³-hybridized carbons (Fsp3) is 0.133. The van der Waals surface area contributed by atoms with Crippen molar-refractivity contribution in [3.05, 3.63) is 54.1 Å². The van der Waals surface area contributed by atoms with Crippen molar-refractivity contribution in [2.75, 3.05) is 5.32 Å². The summed E-state index contributed by atoms with van der Waals surface area (Å²) in [5.41, 5.74) is -2.81. The number of halogens is 3. The van der Waals surface area contributed by atoms with Gasteiger partial charge >= 0.3 is 6.18 Å². The van der Waals surface area contributed by atoms with Crippen molar-refractivity contribution in [1.82, 2.24) is 0 Å². The molecule has 0 unspecified atom stereocenters. The van der Waals surface area contributed by atoms with Crippen LogP contribution >= 0.6 is 0 Å². The maximum atomic E-state index is 13.1. The molecule has 2 aromatic rings. The van der Waals surface area contributed by atoms with Crippen LogP contribution in [0.5, 0.6) is 0 Å². The zero-order valence-electron chi connectivity index (χ0n) is 10.6. The second-order valence-corrected chi connectivity index (χ2v) is 4.79. The van der Waals surface area contributed by atoms with Crippen LogP contribution in [0.1, 0.15) is 5.56 Å². The highest BCUT2D eigenvalue weighted by Crippen LogP contribution is 2.47. The van der Waals surface area contributed by atoms with Crippen molar-refractivity contribution in [1.29, 1.82) is 0 Å². The number of carbonyl (C=O) groups is 1. The molecule has 0 radical (unpaired) electrons. The molecule has 1 aliphatic rings. The Balaban J connectivity index is 2.18. The Hall–Kier alpha value is -2.34. The molecule has 1 amide bonds. The standard InChI is InChI=1S/C15H10F3NO2/c16-15(17,18)14(21)11-8-10(9-4-2-1-3-5-9)6-7-12(11)19-13(14)20/h1-8,21H,(H,19,20)/t14-/m0/s1. The van der Waals surface area contributed by atoms with Crippen LogP contribution in [-0.2, 0) is 10.4 Å². The number of benzene rings is 2. The molecular formula is C15H10F3NO2. The van der Waals surface area contributed by atoms with Crippen molar-refractivity contribution >= 4 is 11.6 Å². The number of alkyl halides is 3. The van der Waals surface area contributed by atoms with Gasteiger partial charge in [0.1, 0.15) is 0 Å². The number of fused-ring (bicyclic) bond motifs is 1. The summed E-state index contributed by atoms with van der Waals surface area (Å²) in [4.78, 5) is 11.6. The van der Waals surface area contributed by atoms with E-state index in [0.29, 0.717) is 11.1 Å². The minimum absolute atomic E-state index is 0.0282. The van der Waals surface area contributed by atoms with Gasteiger partial charge in [-0.1, -0.05) is 36.4 Å². The van der Waals surface area contributed by atoms with Gasteiger partial charge in [0.2, 0.25) is 0 Å². The van der Waals surface area contributed by atoms with Gasteiger partial charge in [-0.2, -0.15) is 13.2 Å². The molecule has 2 N–H and O–H groups in total. The van der Waals surface area contributed by atoms with Crippen LogP contribution in [0.2, 0.25) is 0 Å². The van der Waals surface area contributed by atoms with Gasteiger partial charge < -0.3 is 10.4 Å². The highest BCUT2D eigenvalue weighted by Gasteiger charge is 2.64. The summed E-state index contributed by atoms with van der Waals surface area (Å²) in [6, 6.07) is 12.9. The van der Waals surface area contributed by atoms with E-state index in [9.17, 15) is 23.1 Å². The van der Waals surface area contributed by atoms with Crippen molar-refractivity contribution in [2.24, 2.45) is 0 Å². The third-order valence-electron chi connectivity index (χ3n) is 3.50. The number of rotatable bonds is 1. The normalized spacial score (nSPS) is 21.0. The number of anilines is 1. The molecule has 0 saturated carbocycles. The van der Waals surface area contributed by atoms with Crippen LogP contribution in [0.3, 0.4) is 0 Å². The number of aliphatic hydroxyl groups is 1. The van der Waals surface area contributed by atoms with E-state index < -0.39 is 23.2 Å². The Morgan fingerprint density at radius 3 is 2.29 bits per heavy atom. The molecule has 108 valence electrons. The third-order valence-corrected chi connectivity index (χ3v) is 3.50. The topological polar surface area (TPSA) is 49.3 Å². The summed E-state index contributed by atoms with van der Waals surface area (Å²) in [5.74, 6) is -1.48. The predicted octanol–water partition coefficient (Wildman–Crippen LogP) is 3.06. The van der Waals surface area contributed by atoms with Gasteiger partial charge in [0.25, 0.3) is 11.5 Å². The number of hydrogen-bond acceptors (Lipinski definition) is 2. The average Bonchev–Trinajstić information content (AvgIpc) is 2.72. The summed E-state index contributed by atoms with van der Waals surface area (Å²) >= 11 is 0. The molecule has 3 rings (SSSR count). The molecule has 0 saturated heterocycles. The van der Waals surface area contributed by atoms with E-state index in [0.717, 1.165) is 0 Å². The lowest BCUT2D eigenvalue weighted by Crippen LogP contribution is -2.47. The number of amides is 1. The highest BCUT2D eigenvalue weighted by molar-refractivity contribution is 6.06. The Labute approximate surface area is 118 Å². The Morgan fingerprint density at radius 1 is 1.00 bits per heavy atom. The first kappa shape index (κ1) is 13.6. The third kappa shape index (κ3) is 1.91. The van der Waals surface area contributed by atoms with Gasteiger partial charge in [-0.25, -0.2) is 0 Å². The average molecular weight is 293 g/mol. The van der Waals surface area contributed by atoms with Gasteiger partial charge in [-0.05, 0) is 23.3 Å². The zero-order chi connectivity index (χ0) is 15.3. The molecule has 1 aliphatic heterocycles. The van der Waals surface area contributed by atoms with Crippen molar-refractivity contribution < 1.29 is 23.1 Å². The minimum atomic E-state index is -5.09. The fourth-order valence-corrected chi connectivity index (χ4v) is 2.38. The van der Waals surface area contributed by atoms with Crippen LogP contribution in [0.15, 0.2) is 48.5 Å². The van der Waals surface area contributed by atoms with Crippen LogP contribution in [0.25, 0.3) is 11.1 Å². The fourth-order valence-electron chi connectivity index (χ4n) is 2.38. The van der Waals surface area contributed by atoms with Gasteiger partial charge in [-0.3, -0.25) is 4.79 Å². The van der Waals surface area contributed by atoms with E-state index in [-0.39, 0.29) is 5.69 Å². The van der Waals surface area contributed by atoms with Crippen LogP contribution in [0, 0.1) is 0 Å².